The molecular weight excluding hydrogens is 396 g/mol. The molecule has 7 nitrogen and oxygen atoms in total. The van der Waals surface area contributed by atoms with Gasteiger partial charge in [-0.15, -0.1) is 0 Å². The molecule has 5 aliphatic rings. The van der Waals surface area contributed by atoms with Gasteiger partial charge in [-0.05, 0) is 69.5 Å². The fourth-order valence-electron chi connectivity index (χ4n) is 7.22. The zero-order chi connectivity index (χ0) is 21.5. The highest BCUT2D eigenvalue weighted by molar-refractivity contribution is 5.75. The van der Waals surface area contributed by atoms with E-state index in [9.17, 15) is 15.0 Å². The maximum absolute atomic E-state index is 12.4. The van der Waals surface area contributed by atoms with E-state index in [0.29, 0.717) is 18.6 Å². The van der Waals surface area contributed by atoms with E-state index in [0.717, 1.165) is 37.4 Å². The van der Waals surface area contributed by atoms with Crippen molar-refractivity contribution in [1.29, 1.82) is 0 Å². The lowest BCUT2D eigenvalue weighted by molar-refractivity contribution is -0.192. The molecule has 3 N–H and O–H groups in total. The fraction of sp³-hybridized carbons (Fsp3) is 0.708. The Morgan fingerprint density at radius 1 is 1.35 bits per heavy atom. The Morgan fingerprint density at radius 2 is 2.16 bits per heavy atom. The molecule has 6 unspecified atom stereocenters. The molecule has 6 atom stereocenters. The zero-order valence-electron chi connectivity index (χ0n) is 18.3. The van der Waals surface area contributed by atoms with Gasteiger partial charge in [-0.3, -0.25) is 15.0 Å². The molecule has 1 saturated heterocycles. The average molecular weight is 429 g/mol. The molecule has 0 amide bonds. The summed E-state index contributed by atoms with van der Waals surface area (Å²) in [6, 6.07) is 3.24. The Hall–Kier alpha value is -1.83. The highest BCUT2D eigenvalue weighted by Crippen LogP contribution is 2.65. The van der Waals surface area contributed by atoms with Crippen LogP contribution >= 0.6 is 0 Å². The third-order valence-corrected chi connectivity index (χ3v) is 8.78. The lowest BCUT2D eigenvalue weighted by atomic mass is 9.48. The van der Waals surface area contributed by atoms with E-state index in [-0.39, 0.29) is 29.9 Å². The number of esters is 1. The number of carbonyl (C=O) groups excluding carboxylic acids is 1. The number of likely N-dealkylation sites (tertiary alicyclic amines) is 1. The van der Waals surface area contributed by atoms with E-state index in [1.807, 2.05) is 6.07 Å². The second kappa shape index (κ2) is 6.59. The van der Waals surface area contributed by atoms with Crippen molar-refractivity contribution in [1.82, 2.24) is 10.2 Å². The molecule has 3 fully saturated rings. The summed E-state index contributed by atoms with van der Waals surface area (Å²) in [4.78, 5) is 14.6. The van der Waals surface area contributed by atoms with Crippen molar-refractivity contribution in [3.8, 4) is 11.5 Å². The first-order valence-corrected chi connectivity index (χ1v) is 11.7. The first-order chi connectivity index (χ1) is 14.9. The number of piperidine rings is 1. The summed E-state index contributed by atoms with van der Waals surface area (Å²) in [6.45, 7) is 3.80. The summed E-state index contributed by atoms with van der Waals surface area (Å²) in [5, 5.41) is 26.5. The van der Waals surface area contributed by atoms with Gasteiger partial charge in [0.05, 0.1) is 18.1 Å². The maximum Gasteiger partial charge on any atom is 0.322 e. The van der Waals surface area contributed by atoms with Crippen molar-refractivity contribution < 1.29 is 24.5 Å². The first kappa shape index (κ1) is 19.8. The van der Waals surface area contributed by atoms with Gasteiger partial charge in [0.1, 0.15) is 12.1 Å². The Morgan fingerprint density at radius 3 is 2.90 bits per heavy atom. The number of methoxy groups -OCH3 is 1. The van der Waals surface area contributed by atoms with E-state index in [4.69, 9.17) is 9.47 Å². The van der Waals surface area contributed by atoms with Crippen molar-refractivity contribution in [2.75, 3.05) is 20.2 Å². The number of rotatable bonds is 5. The van der Waals surface area contributed by atoms with Crippen LogP contribution in [0, 0.1) is 5.92 Å². The summed E-state index contributed by atoms with van der Waals surface area (Å²) < 4.78 is 11.4. The Balaban J connectivity index is 1.44. The summed E-state index contributed by atoms with van der Waals surface area (Å²) >= 11 is 0. The van der Waals surface area contributed by atoms with Gasteiger partial charge >= 0.3 is 5.97 Å². The molecule has 1 aromatic rings. The van der Waals surface area contributed by atoms with Crippen LogP contribution in [0.3, 0.4) is 0 Å². The molecule has 2 aliphatic heterocycles. The number of hydrogen-bond donors (Lipinski definition) is 3. The van der Waals surface area contributed by atoms with Gasteiger partial charge in [0, 0.05) is 24.2 Å². The molecular formula is C24H32N2O5. The van der Waals surface area contributed by atoms with Crippen molar-refractivity contribution in [2.24, 2.45) is 5.92 Å². The van der Waals surface area contributed by atoms with E-state index < -0.39 is 17.1 Å². The smallest absolute Gasteiger partial charge is 0.322 e. The van der Waals surface area contributed by atoms with Gasteiger partial charge < -0.3 is 19.7 Å². The van der Waals surface area contributed by atoms with E-state index in [1.165, 1.54) is 25.5 Å². The third kappa shape index (κ3) is 2.54. The number of hydrogen-bond acceptors (Lipinski definition) is 7. The highest BCUT2D eigenvalue weighted by Gasteiger charge is 2.73. The second-order valence-electron chi connectivity index (χ2n) is 10.3. The Kier molecular flexibility index (Phi) is 4.22. The average Bonchev–Trinajstić information content (AvgIpc) is 3.49. The minimum absolute atomic E-state index is 0.0647. The summed E-state index contributed by atoms with van der Waals surface area (Å²) in [5.74, 6) is 1.14. The van der Waals surface area contributed by atoms with Crippen LogP contribution in [0.15, 0.2) is 12.1 Å². The van der Waals surface area contributed by atoms with Gasteiger partial charge in [0.2, 0.25) is 0 Å². The molecule has 2 heterocycles. The van der Waals surface area contributed by atoms with Crippen molar-refractivity contribution in [2.45, 2.75) is 80.7 Å². The summed E-state index contributed by atoms with van der Waals surface area (Å²) in [7, 11) is 1.40. The molecule has 168 valence electrons. The number of nitrogens with zero attached hydrogens (tertiary/aromatic N) is 1. The maximum atomic E-state index is 12.4. The number of nitrogens with one attached hydrogen (secondary N) is 1. The van der Waals surface area contributed by atoms with Gasteiger partial charge in [0.25, 0.3) is 0 Å². The monoisotopic (exact) mass is 428 g/mol. The molecule has 6 rings (SSSR count). The Bertz CT molecular complexity index is 933. The predicted octanol–water partition coefficient (Wildman–Crippen LogP) is 1.48. The summed E-state index contributed by atoms with van der Waals surface area (Å²) in [5.41, 5.74) is 0.737. The van der Waals surface area contributed by atoms with Gasteiger partial charge in [0.15, 0.2) is 11.5 Å². The number of carbonyl (C=O) groups is 1. The molecule has 2 saturated carbocycles. The third-order valence-electron chi connectivity index (χ3n) is 8.78. The number of aromatic hydroxyl groups is 1. The largest absolute Gasteiger partial charge is 0.504 e. The molecule has 2 bridgehead atoms. The Labute approximate surface area is 182 Å². The van der Waals surface area contributed by atoms with Crippen molar-refractivity contribution in [3.05, 3.63) is 23.3 Å². The molecule has 0 radical (unpaired) electrons. The van der Waals surface area contributed by atoms with Gasteiger partial charge in [-0.25, -0.2) is 0 Å². The minimum Gasteiger partial charge on any atom is -0.504 e. The predicted molar refractivity (Wildman–Crippen MR) is 113 cm³/mol. The lowest BCUT2D eigenvalue weighted by Crippen LogP contribution is -2.78. The number of benzene rings is 1. The van der Waals surface area contributed by atoms with E-state index in [1.54, 1.807) is 13.0 Å². The quantitative estimate of drug-likeness (QED) is 0.612. The van der Waals surface area contributed by atoms with Crippen LogP contribution in [-0.2, 0) is 21.4 Å². The standard InChI is InChI=1S/C24H32N2O5/c1-13(22(28)30-2)25-16-7-8-24(29)18-11-15-5-6-17(27)20-19(15)23(24,21(16)31-20)9-10-26(18)12-14-3-4-14/h5-6,13-14,16,18,21,25,27,29H,3-4,7-12H2,1-2H3. The van der Waals surface area contributed by atoms with Crippen LogP contribution in [0.25, 0.3) is 0 Å². The highest BCUT2D eigenvalue weighted by atomic mass is 16.5. The SMILES string of the molecule is COC(=O)C(C)NC1CCC2(O)C3Cc4ccc(O)c5c4C2(CCN3CC2CC2)C1O5. The molecule has 31 heavy (non-hydrogen) atoms. The fourth-order valence-corrected chi connectivity index (χ4v) is 7.22. The minimum atomic E-state index is -0.899. The molecule has 3 aliphatic carbocycles. The van der Waals surface area contributed by atoms with Crippen molar-refractivity contribution in [3.63, 3.8) is 0 Å². The molecule has 0 aromatic heterocycles. The molecule has 7 heteroatoms. The number of aliphatic hydroxyl groups is 1. The van der Waals surface area contributed by atoms with Crippen molar-refractivity contribution >= 4 is 5.97 Å². The number of ether oxygens (including phenoxy) is 2. The summed E-state index contributed by atoms with van der Waals surface area (Å²) in [6.07, 6.45) is 5.22. The van der Waals surface area contributed by atoms with Gasteiger partial charge in [-0.2, -0.15) is 0 Å². The van der Waals surface area contributed by atoms with Crippen LogP contribution in [-0.4, -0.2) is 71.1 Å². The normalized spacial score (nSPS) is 38.9. The zero-order valence-corrected chi connectivity index (χ0v) is 18.3. The van der Waals surface area contributed by atoms with Crippen LogP contribution in [0.4, 0.5) is 0 Å². The van der Waals surface area contributed by atoms with E-state index >= 15 is 0 Å². The number of phenols is 1. The van der Waals surface area contributed by atoms with Gasteiger partial charge in [-0.1, -0.05) is 6.07 Å². The van der Waals surface area contributed by atoms with Crippen LogP contribution in [0.1, 0.15) is 50.2 Å². The first-order valence-electron chi connectivity index (χ1n) is 11.7. The topological polar surface area (TPSA) is 91.3 Å². The van der Waals surface area contributed by atoms with Crippen LogP contribution in [0.5, 0.6) is 11.5 Å². The second-order valence-corrected chi connectivity index (χ2v) is 10.3. The van der Waals surface area contributed by atoms with Crippen LogP contribution < -0.4 is 10.1 Å². The lowest BCUT2D eigenvalue weighted by Gasteiger charge is -2.64. The molecule has 1 spiro atoms. The number of phenolic OH excluding ortho intramolecular Hbond substituents is 1. The van der Waals surface area contributed by atoms with E-state index in [2.05, 4.69) is 10.2 Å². The van der Waals surface area contributed by atoms with Crippen LogP contribution in [0.2, 0.25) is 0 Å². The molecule has 1 aromatic carbocycles.